The molecule has 1 aromatic carbocycles. The molecule has 26 heavy (non-hydrogen) atoms. The van der Waals surface area contributed by atoms with Crippen LogP contribution in [0.3, 0.4) is 0 Å². The average molecular weight is 351 g/mol. The summed E-state index contributed by atoms with van der Waals surface area (Å²) in [5, 5.41) is 23.1. The molecule has 4 rings (SSSR count). The van der Waals surface area contributed by atoms with Gasteiger partial charge in [0.05, 0.1) is 12.2 Å². The van der Waals surface area contributed by atoms with Crippen molar-refractivity contribution >= 4 is 10.9 Å². The van der Waals surface area contributed by atoms with E-state index in [9.17, 15) is 10.2 Å². The lowest BCUT2D eigenvalue weighted by molar-refractivity contribution is 0.0334. The molecule has 5 heteroatoms. The first-order valence-electron chi connectivity index (χ1n) is 8.98. The van der Waals surface area contributed by atoms with Crippen molar-refractivity contribution in [3.63, 3.8) is 0 Å². The molecule has 5 nitrogen and oxygen atoms in total. The van der Waals surface area contributed by atoms with E-state index in [0.29, 0.717) is 13.1 Å². The van der Waals surface area contributed by atoms with Gasteiger partial charge in [-0.3, -0.25) is 9.88 Å². The highest BCUT2D eigenvalue weighted by Gasteiger charge is 2.32. The standard InChI is InChI=1S/C21H25N3O2/c1-14-6-7-18-16(9-14)17-11-23(3)12-19(25)20(17)24(18)13-21(2,26)15-5-4-8-22-10-15/h4-10,19,25-26H,11-13H2,1-3H3. The molecular formula is C21H25N3O2. The fourth-order valence-corrected chi connectivity index (χ4v) is 4.07. The SMILES string of the molecule is Cc1ccc2c(c1)c1c(n2CC(C)(O)c2cccnc2)C(O)CN(C)C1. The van der Waals surface area contributed by atoms with Crippen molar-refractivity contribution in [3.05, 3.63) is 65.1 Å². The number of fused-ring (bicyclic) bond motifs is 3. The predicted molar refractivity (Wildman–Crippen MR) is 102 cm³/mol. The third kappa shape index (κ3) is 2.82. The molecule has 0 radical (unpaired) electrons. The van der Waals surface area contributed by atoms with Crippen molar-refractivity contribution < 1.29 is 10.2 Å². The van der Waals surface area contributed by atoms with Crippen LogP contribution in [0.15, 0.2) is 42.7 Å². The molecular weight excluding hydrogens is 326 g/mol. The van der Waals surface area contributed by atoms with Gasteiger partial charge in [0.2, 0.25) is 0 Å². The van der Waals surface area contributed by atoms with Crippen LogP contribution in [0, 0.1) is 6.92 Å². The minimum absolute atomic E-state index is 0.369. The molecule has 0 spiro atoms. The van der Waals surface area contributed by atoms with Gasteiger partial charge in [0.15, 0.2) is 0 Å². The van der Waals surface area contributed by atoms with Crippen LogP contribution in [-0.2, 0) is 18.7 Å². The van der Waals surface area contributed by atoms with Crippen molar-refractivity contribution in [1.29, 1.82) is 0 Å². The lowest BCUT2D eigenvalue weighted by Crippen LogP contribution is -2.34. The van der Waals surface area contributed by atoms with Crippen molar-refractivity contribution in [2.75, 3.05) is 13.6 Å². The maximum Gasteiger partial charge on any atom is 0.107 e. The van der Waals surface area contributed by atoms with E-state index in [1.165, 1.54) is 5.56 Å². The van der Waals surface area contributed by atoms with Crippen LogP contribution in [0.4, 0.5) is 0 Å². The Morgan fingerprint density at radius 1 is 1.31 bits per heavy atom. The zero-order chi connectivity index (χ0) is 18.5. The Morgan fingerprint density at radius 3 is 2.85 bits per heavy atom. The van der Waals surface area contributed by atoms with E-state index < -0.39 is 11.7 Å². The van der Waals surface area contributed by atoms with Crippen LogP contribution in [-0.4, -0.2) is 38.3 Å². The number of β-amino-alcohol motifs (C(OH)–C–C–N with tert-alkyl or cyclic N) is 1. The zero-order valence-electron chi connectivity index (χ0n) is 15.5. The topological polar surface area (TPSA) is 61.5 Å². The zero-order valence-corrected chi connectivity index (χ0v) is 15.5. The van der Waals surface area contributed by atoms with E-state index in [2.05, 4.69) is 39.6 Å². The van der Waals surface area contributed by atoms with Crippen LogP contribution in [0.2, 0.25) is 0 Å². The van der Waals surface area contributed by atoms with Gasteiger partial charge in [0, 0.05) is 41.9 Å². The van der Waals surface area contributed by atoms with E-state index >= 15 is 0 Å². The number of aliphatic hydroxyl groups is 2. The number of benzene rings is 1. The molecule has 2 atom stereocenters. The third-order valence-corrected chi connectivity index (χ3v) is 5.35. The van der Waals surface area contributed by atoms with Gasteiger partial charge in [0.25, 0.3) is 0 Å². The summed E-state index contributed by atoms with van der Waals surface area (Å²) in [5.41, 5.74) is 4.02. The molecule has 3 heterocycles. The first-order chi connectivity index (χ1) is 12.4. The molecule has 2 unspecified atom stereocenters. The van der Waals surface area contributed by atoms with Gasteiger partial charge in [-0.15, -0.1) is 0 Å². The number of aryl methyl sites for hydroxylation is 1. The minimum Gasteiger partial charge on any atom is -0.386 e. The van der Waals surface area contributed by atoms with Crippen molar-refractivity contribution in [3.8, 4) is 0 Å². The maximum absolute atomic E-state index is 11.2. The highest BCUT2D eigenvalue weighted by Crippen LogP contribution is 2.37. The minimum atomic E-state index is -1.08. The second-order valence-corrected chi connectivity index (χ2v) is 7.70. The Labute approximate surface area is 153 Å². The molecule has 0 saturated heterocycles. The molecule has 1 aliphatic heterocycles. The summed E-state index contributed by atoms with van der Waals surface area (Å²) < 4.78 is 2.09. The Kier molecular flexibility index (Phi) is 4.10. The van der Waals surface area contributed by atoms with Crippen LogP contribution >= 0.6 is 0 Å². The summed E-state index contributed by atoms with van der Waals surface area (Å²) in [7, 11) is 2.02. The van der Waals surface area contributed by atoms with Crippen LogP contribution in [0.25, 0.3) is 10.9 Å². The summed E-state index contributed by atoms with van der Waals surface area (Å²) in [4.78, 5) is 6.28. The van der Waals surface area contributed by atoms with E-state index in [4.69, 9.17) is 0 Å². The number of likely N-dealkylation sites (N-methyl/N-ethyl adjacent to an activating group) is 1. The highest BCUT2D eigenvalue weighted by atomic mass is 16.3. The molecule has 2 N–H and O–H groups in total. The van der Waals surface area contributed by atoms with Crippen molar-refractivity contribution in [2.24, 2.45) is 0 Å². The molecule has 0 bridgehead atoms. The first-order valence-corrected chi connectivity index (χ1v) is 8.98. The van der Waals surface area contributed by atoms with Gasteiger partial charge in [-0.25, -0.2) is 0 Å². The number of aliphatic hydroxyl groups excluding tert-OH is 1. The van der Waals surface area contributed by atoms with Gasteiger partial charge in [-0.2, -0.15) is 0 Å². The van der Waals surface area contributed by atoms with E-state index in [1.54, 1.807) is 19.3 Å². The van der Waals surface area contributed by atoms with Gasteiger partial charge in [-0.05, 0) is 44.7 Å². The molecule has 0 fully saturated rings. The molecule has 1 aliphatic rings. The van der Waals surface area contributed by atoms with E-state index in [-0.39, 0.29) is 0 Å². The Balaban J connectivity index is 1.89. The highest BCUT2D eigenvalue weighted by molar-refractivity contribution is 5.86. The summed E-state index contributed by atoms with van der Waals surface area (Å²) in [6.45, 7) is 5.65. The number of pyridine rings is 1. The molecule has 136 valence electrons. The van der Waals surface area contributed by atoms with Crippen LogP contribution in [0.1, 0.15) is 35.4 Å². The second-order valence-electron chi connectivity index (χ2n) is 7.70. The monoisotopic (exact) mass is 351 g/mol. The van der Waals surface area contributed by atoms with Crippen molar-refractivity contribution in [1.82, 2.24) is 14.5 Å². The second kappa shape index (κ2) is 6.20. The summed E-state index contributed by atoms with van der Waals surface area (Å²) in [6.07, 6.45) is 2.84. The fourth-order valence-electron chi connectivity index (χ4n) is 4.07. The third-order valence-electron chi connectivity index (χ3n) is 5.35. The van der Waals surface area contributed by atoms with Crippen molar-refractivity contribution in [2.45, 2.75) is 38.6 Å². The Bertz CT molecular complexity index is 947. The normalized spacial score (nSPS) is 20.1. The van der Waals surface area contributed by atoms with Gasteiger partial charge >= 0.3 is 0 Å². The van der Waals surface area contributed by atoms with Crippen LogP contribution < -0.4 is 0 Å². The molecule has 0 aliphatic carbocycles. The molecule has 0 amide bonds. The number of rotatable bonds is 3. The summed E-state index contributed by atoms with van der Waals surface area (Å²) in [5.74, 6) is 0. The lowest BCUT2D eigenvalue weighted by Gasteiger charge is -2.31. The smallest absolute Gasteiger partial charge is 0.107 e. The summed E-state index contributed by atoms with van der Waals surface area (Å²) >= 11 is 0. The summed E-state index contributed by atoms with van der Waals surface area (Å²) in [6, 6.07) is 10.1. The largest absolute Gasteiger partial charge is 0.386 e. The van der Waals surface area contributed by atoms with Gasteiger partial charge in [0.1, 0.15) is 11.7 Å². The number of aromatic nitrogens is 2. The fraction of sp³-hybridized carbons (Fsp3) is 0.381. The predicted octanol–water partition coefficient (Wildman–Crippen LogP) is 2.73. The average Bonchev–Trinajstić information content (AvgIpc) is 2.88. The molecule has 2 aromatic heterocycles. The quantitative estimate of drug-likeness (QED) is 0.762. The number of hydrogen-bond donors (Lipinski definition) is 2. The first kappa shape index (κ1) is 17.2. The Morgan fingerprint density at radius 2 is 2.12 bits per heavy atom. The number of hydrogen-bond acceptors (Lipinski definition) is 4. The molecule has 0 saturated carbocycles. The van der Waals surface area contributed by atoms with E-state index in [1.807, 2.05) is 19.2 Å². The lowest BCUT2D eigenvalue weighted by atomic mass is 9.97. The van der Waals surface area contributed by atoms with Gasteiger partial charge < -0.3 is 14.8 Å². The Hall–Kier alpha value is -2.21. The van der Waals surface area contributed by atoms with Gasteiger partial charge in [-0.1, -0.05) is 17.7 Å². The van der Waals surface area contributed by atoms with E-state index in [0.717, 1.165) is 34.3 Å². The number of nitrogens with zero attached hydrogens (tertiary/aromatic N) is 3. The molecule has 3 aromatic rings. The maximum atomic E-state index is 11.2. The van der Waals surface area contributed by atoms with Crippen LogP contribution in [0.5, 0.6) is 0 Å².